The van der Waals surface area contributed by atoms with Gasteiger partial charge in [-0.3, -0.25) is 0 Å². The number of hydrogen-bond acceptors (Lipinski definition) is 0. The lowest BCUT2D eigenvalue weighted by Crippen LogP contribution is -2.55. The molecule has 4 nitrogen and oxygen atoms in total. The maximum absolute atomic E-state index is 2.84. The molecule has 8 heteroatoms. The van der Waals surface area contributed by atoms with Crippen LogP contribution in [0, 0.1) is 7.14 Å². The van der Waals surface area contributed by atoms with Gasteiger partial charge in [0.1, 0.15) is 0 Å². The third kappa shape index (κ3) is 6.98. The molecule has 12 aromatic carbocycles. The minimum Gasteiger partial charge on any atom is -0.374 e. The first-order chi connectivity index (χ1) is 44.1. The molecule has 0 unspecified atom stereocenters. The molecule has 4 aliphatic heterocycles. The van der Waals surface area contributed by atoms with Crippen LogP contribution in [-0.2, 0) is 11.8 Å². The van der Waals surface area contributed by atoms with Crippen molar-refractivity contribution in [2.24, 2.45) is 0 Å². The number of aryl methyl sites for hydroxylation is 1. The van der Waals surface area contributed by atoms with Gasteiger partial charge in [-0.25, -0.2) is 0 Å². The average Bonchev–Trinajstić information content (AvgIpc) is 1.45. The summed E-state index contributed by atoms with van der Waals surface area (Å²) in [5.74, 6) is 0. The zero-order valence-electron chi connectivity index (χ0n) is 50.3. The lowest BCUT2D eigenvalue weighted by molar-refractivity contribution is 0.590. The van der Waals surface area contributed by atoms with E-state index in [0.717, 1.165) is 6.42 Å². The van der Waals surface area contributed by atoms with Crippen LogP contribution in [0.15, 0.2) is 231 Å². The second-order valence-corrected chi connectivity index (χ2v) is 29.3. The summed E-state index contributed by atoms with van der Waals surface area (Å²) >= 11 is 4.85. The van der Waals surface area contributed by atoms with E-state index in [0.29, 0.717) is 0 Å². The summed E-state index contributed by atoms with van der Waals surface area (Å²) in [6.45, 7) is 8.93. The van der Waals surface area contributed by atoms with Gasteiger partial charge in [-0.2, -0.15) is 0 Å². The fraction of sp³-hybridized carbons (Fsp3) is 0.0976. The highest BCUT2D eigenvalue weighted by Crippen LogP contribution is 2.51. The highest BCUT2D eigenvalue weighted by atomic mass is 127. The summed E-state index contributed by atoms with van der Waals surface area (Å²) < 4.78 is 13.4. The fourth-order valence-corrected chi connectivity index (χ4v) is 17.6. The maximum atomic E-state index is 2.84. The summed E-state index contributed by atoms with van der Waals surface area (Å²) in [7, 11) is 0. The van der Waals surface area contributed by atoms with Gasteiger partial charge in [-0.05, 0) is 213 Å². The monoisotopic (exact) mass is 1370 g/mol. The van der Waals surface area contributed by atoms with Crippen LogP contribution in [0.3, 0.4) is 0 Å². The summed E-state index contributed by atoms with van der Waals surface area (Å²) in [6.07, 6.45) is 3.53. The molecule has 4 aliphatic rings. The molecule has 0 amide bonds. The van der Waals surface area contributed by atoms with Crippen molar-refractivity contribution in [1.29, 1.82) is 0 Å². The molecule has 8 heterocycles. The van der Waals surface area contributed by atoms with E-state index in [-0.39, 0.29) is 19.1 Å². The average molecular weight is 1370 g/mol. The van der Waals surface area contributed by atoms with E-state index >= 15 is 0 Å². The third-order valence-corrected chi connectivity index (χ3v) is 22.5. The molecule has 4 aromatic heterocycles. The molecule has 0 spiro atoms. The van der Waals surface area contributed by atoms with Crippen LogP contribution in [0.2, 0.25) is 0 Å². The first kappa shape index (κ1) is 52.0. The normalized spacial score (nSPS) is 13.3. The van der Waals surface area contributed by atoms with Crippen molar-refractivity contribution < 1.29 is 0 Å². The minimum absolute atomic E-state index is 0.0505. The Morgan fingerprint density at radius 3 is 1.21 bits per heavy atom. The van der Waals surface area contributed by atoms with Crippen LogP contribution in [-0.4, -0.2) is 31.8 Å². The Hall–Kier alpha value is -8.83. The highest BCUT2D eigenvalue weighted by molar-refractivity contribution is 14.1. The summed E-state index contributed by atoms with van der Waals surface area (Å²) in [5, 5.41) is 7.74. The molecule has 424 valence electrons. The molecule has 20 rings (SSSR count). The lowest BCUT2D eigenvalue weighted by Gasteiger charge is -2.34. The van der Waals surface area contributed by atoms with E-state index in [1.165, 1.54) is 208 Å². The third-order valence-electron chi connectivity index (χ3n) is 21.0. The van der Waals surface area contributed by atoms with Gasteiger partial charge in [-0.1, -0.05) is 204 Å². The molecule has 0 aliphatic carbocycles. The van der Waals surface area contributed by atoms with Crippen molar-refractivity contribution in [3.63, 3.8) is 0 Å². The fourth-order valence-electron chi connectivity index (χ4n) is 16.9. The van der Waals surface area contributed by atoms with Crippen molar-refractivity contribution in [2.45, 2.75) is 52.4 Å². The van der Waals surface area contributed by atoms with Gasteiger partial charge in [-0.15, -0.1) is 0 Å². The number of nitrogens with zero attached hydrogens (tertiary/aromatic N) is 4. The molecule has 90 heavy (non-hydrogen) atoms. The lowest BCUT2D eigenvalue weighted by atomic mass is 9.45. The summed E-state index contributed by atoms with van der Waals surface area (Å²) in [6, 6.07) is 90.1. The van der Waals surface area contributed by atoms with Gasteiger partial charge in [0.05, 0.1) is 33.1 Å². The van der Waals surface area contributed by atoms with Gasteiger partial charge in [0.2, 0.25) is 0 Å². The Bertz CT molecular complexity index is 5870. The molecular weight excluding hydrogens is 1320 g/mol. The number of halogens is 2. The van der Waals surface area contributed by atoms with E-state index in [1.807, 2.05) is 0 Å². The van der Waals surface area contributed by atoms with Crippen LogP contribution in [0.4, 0.5) is 0 Å². The van der Waals surface area contributed by atoms with E-state index < -0.39 is 0 Å². The second-order valence-electron chi connectivity index (χ2n) is 26.8. The number of rotatable bonds is 7. The Kier molecular flexibility index (Phi) is 10.8. The van der Waals surface area contributed by atoms with Crippen molar-refractivity contribution in [1.82, 2.24) is 18.1 Å². The molecule has 0 radical (unpaired) electrons. The zero-order chi connectivity index (χ0) is 59.7. The summed E-state index contributed by atoms with van der Waals surface area (Å²) in [5.41, 5.74) is 36.1. The van der Waals surface area contributed by atoms with E-state index in [4.69, 9.17) is 0 Å². The first-order valence-corrected chi connectivity index (χ1v) is 34.1. The van der Waals surface area contributed by atoms with Crippen LogP contribution >= 0.6 is 45.2 Å². The van der Waals surface area contributed by atoms with E-state index in [2.05, 4.69) is 321 Å². The predicted octanol–water partition coefficient (Wildman–Crippen LogP) is 19.4. The molecule has 0 N–H and O–H groups in total. The Labute approximate surface area is 549 Å². The van der Waals surface area contributed by atoms with E-state index in [1.54, 1.807) is 0 Å². The highest BCUT2D eigenvalue weighted by Gasteiger charge is 2.47. The van der Waals surface area contributed by atoms with Gasteiger partial charge in [0.25, 0.3) is 0 Å². The molecule has 0 fully saturated rings. The largest absolute Gasteiger partial charge is 0.374 e. The van der Waals surface area contributed by atoms with Crippen LogP contribution in [0.1, 0.15) is 51.7 Å². The van der Waals surface area contributed by atoms with Crippen LogP contribution in [0.25, 0.3) is 155 Å². The van der Waals surface area contributed by atoms with Crippen LogP contribution in [0.5, 0.6) is 0 Å². The molecule has 16 aromatic rings. The number of aromatic nitrogens is 4. The predicted molar refractivity (Wildman–Crippen MR) is 400 cm³/mol. The Morgan fingerprint density at radius 2 is 0.767 bits per heavy atom. The number of fused-ring (bicyclic) bond motifs is 21. The Morgan fingerprint density at radius 1 is 0.356 bits per heavy atom. The smallest absolute Gasteiger partial charge is 0.333 e. The second kappa shape index (κ2) is 18.6. The summed E-state index contributed by atoms with van der Waals surface area (Å²) in [4.78, 5) is 0. The number of benzene rings is 12. The van der Waals surface area contributed by atoms with E-state index in [9.17, 15) is 0 Å². The van der Waals surface area contributed by atoms with Gasteiger partial charge in [0.15, 0.2) is 0 Å². The standard InChI is InChI=1S/C82H56B2I2N4/c1-5-6-9-46-14-16-47(17-15-46)51-24-38-70-66(42-51)62-36-34-58-60-10-7-12-64-76(60)89(83-68-44-53(26-40-72(68)87(70)78(62)74(58)83)48-18-28-55(29-19-48)82(2,3)4)80-65-13-8-11-61-59-35-37-63-67-43-52(49-20-30-56(85)31-21-49)25-39-71(67)88-73-41-27-54(50-22-32-57(86)33-23-50)45-69(73)84(75(59)79(63)88)90(77(61)65)81(64)80/h7-8,10-45H,5-6,9H2,1-4H3. The van der Waals surface area contributed by atoms with Crippen molar-refractivity contribution in [3.05, 3.63) is 249 Å². The van der Waals surface area contributed by atoms with Gasteiger partial charge in [0, 0.05) is 73.0 Å². The number of para-hydroxylation sites is 2. The molecule has 0 atom stereocenters. The number of hydrogen-bond donors (Lipinski definition) is 0. The molecule has 0 saturated carbocycles. The number of unbranched alkanes of at least 4 members (excludes halogenated alkanes) is 1. The molecular formula is C82H56B2I2N4. The zero-order valence-corrected chi connectivity index (χ0v) is 54.6. The topological polar surface area (TPSA) is 19.7 Å². The van der Waals surface area contributed by atoms with Gasteiger partial charge >= 0.3 is 13.7 Å². The molecule has 0 saturated heterocycles. The van der Waals surface area contributed by atoms with Crippen molar-refractivity contribution in [3.8, 4) is 78.1 Å². The first-order valence-electron chi connectivity index (χ1n) is 31.9. The maximum Gasteiger partial charge on any atom is 0.333 e. The van der Waals surface area contributed by atoms with Crippen LogP contribution < -0.4 is 21.9 Å². The SMILES string of the molecule is CCCCc1ccc(-c2ccc3c(c2)c2ccc4c5c2n3-c2ccc(-c3ccc(C(C)(C)C)cc3)cc2B5n2c3c-4cccc3c3c2c2cccc4c2n3B2c3cc(-c5ccc(I)cc5)ccc3-n3c5ccc(-c6ccc(I)cc6)cc5c5ccc-4c2c53)cc1. The quantitative estimate of drug-likeness (QED) is 0.112. The Balaban J connectivity index is 0.882. The molecule has 0 bridgehead atoms. The van der Waals surface area contributed by atoms with Crippen molar-refractivity contribution in [2.75, 3.05) is 0 Å². The van der Waals surface area contributed by atoms with Crippen molar-refractivity contribution >= 4 is 157 Å². The minimum atomic E-state index is -0.136. The van der Waals surface area contributed by atoms with Gasteiger partial charge < -0.3 is 18.1 Å².